The lowest BCUT2D eigenvalue weighted by Gasteiger charge is -2.19. The first-order valence-corrected chi connectivity index (χ1v) is 10.1. The molecule has 1 aliphatic rings. The number of carboxylic acid groups (broad SMARTS) is 1. The minimum Gasteiger partial charge on any atom is -0.481 e. The van der Waals surface area contributed by atoms with Crippen molar-refractivity contribution < 1.29 is 33.1 Å². The Balaban J connectivity index is 1.73. The smallest absolute Gasteiger partial charge is 0.303 e. The number of nitrogens with one attached hydrogen (secondary N) is 1. The first-order chi connectivity index (χ1) is 15.6. The van der Waals surface area contributed by atoms with Gasteiger partial charge in [-0.3, -0.25) is 24.2 Å². The number of aromatic nitrogens is 1. The van der Waals surface area contributed by atoms with E-state index >= 15 is 0 Å². The highest BCUT2D eigenvalue weighted by molar-refractivity contribution is 6.11. The molecule has 2 aromatic rings. The van der Waals surface area contributed by atoms with Gasteiger partial charge in [-0.2, -0.15) is 5.26 Å². The van der Waals surface area contributed by atoms with Gasteiger partial charge in [-0.15, -0.1) is 0 Å². The summed E-state index contributed by atoms with van der Waals surface area (Å²) in [5, 5.41) is 20.7. The molecular weight excluding hydrogens is 438 g/mol. The number of fused-ring (bicyclic) bond motifs is 1. The number of hydrogen-bond donors (Lipinski definition) is 2. The third-order valence-corrected chi connectivity index (χ3v) is 5.22. The topological polar surface area (TPSA) is 140 Å². The summed E-state index contributed by atoms with van der Waals surface area (Å²) in [5.74, 6) is -5.89. The number of carboxylic acids is 1. The lowest BCUT2D eigenvalue weighted by molar-refractivity contribution is -0.138. The summed E-state index contributed by atoms with van der Waals surface area (Å²) < 4.78 is 27.1. The Bertz CT molecular complexity index is 1160. The molecule has 2 amide bonds. The summed E-state index contributed by atoms with van der Waals surface area (Å²) in [4.78, 5) is 52.8. The molecule has 3 rings (SSSR count). The zero-order valence-electron chi connectivity index (χ0n) is 17.4. The van der Waals surface area contributed by atoms with Crippen LogP contribution in [0, 0.1) is 11.3 Å². The van der Waals surface area contributed by atoms with Crippen LogP contribution in [0.4, 0.5) is 14.5 Å². The molecule has 1 atom stereocenters. The molecule has 1 aromatic heterocycles. The number of Topliss-reactive ketones (excluding diaryl/α,β-unsaturated/α-hetero) is 1. The highest BCUT2D eigenvalue weighted by Crippen LogP contribution is 2.32. The van der Waals surface area contributed by atoms with Crippen LogP contribution in [0.2, 0.25) is 0 Å². The van der Waals surface area contributed by atoms with Crippen molar-refractivity contribution in [2.75, 3.05) is 11.9 Å². The van der Waals surface area contributed by atoms with E-state index in [0.29, 0.717) is 16.6 Å². The molecule has 0 radical (unpaired) electrons. The fourth-order valence-electron chi connectivity index (χ4n) is 3.65. The molecular formula is C22H20F2N4O5. The summed E-state index contributed by atoms with van der Waals surface area (Å²) >= 11 is 0. The van der Waals surface area contributed by atoms with Gasteiger partial charge in [-0.25, -0.2) is 8.78 Å². The van der Waals surface area contributed by atoms with Gasteiger partial charge in [0.2, 0.25) is 11.8 Å². The van der Waals surface area contributed by atoms with Crippen LogP contribution in [0.3, 0.4) is 0 Å². The molecule has 0 aliphatic carbocycles. The number of rotatable bonds is 8. The Kier molecular flexibility index (Phi) is 6.96. The van der Waals surface area contributed by atoms with E-state index in [2.05, 4.69) is 10.3 Å². The van der Waals surface area contributed by atoms with Crippen molar-refractivity contribution >= 4 is 40.2 Å². The van der Waals surface area contributed by atoms with Crippen LogP contribution < -0.4 is 5.32 Å². The van der Waals surface area contributed by atoms with Crippen molar-refractivity contribution in [1.29, 1.82) is 5.26 Å². The van der Waals surface area contributed by atoms with Crippen LogP contribution in [0.5, 0.6) is 0 Å². The van der Waals surface area contributed by atoms with Crippen molar-refractivity contribution in [1.82, 2.24) is 9.88 Å². The SMILES string of the molecule is N#C[C@@H]1CC(F)(F)CN1C(=O)CCC(=O)c1ccnc2c(NC(=O)CCC(=O)O)cccc12. The average molecular weight is 458 g/mol. The molecule has 1 aliphatic heterocycles. The van der Waals surface area contributed by atoms with E-state index in [9.17, 15) is 28.0 Å². The first-order valence-electron chi connectivity index (χ1n) is 10.1. The van der Waals surface area contributed by atoms with Crippen LogP contribution in [-0.2, 0) is 14.4 Å². The zero-order valence-corrected chi connectivity index (χ0v) is 17.4. The molecule has 1 fully saturated rings. The molecule has 2 heterocycles. The monoisotopic (exact) mass is 458 g/mol. The first kappa shape index (κ1) is 23.7. The molecule has 11 heteroatoms. The second-order valence-electron chi connectivity index (χ2n) is 7.65. The number of nitrogens with zero attached hydrogens (tertiary/aromatic N) is 3. The van der Waals surface area contributed by atoms with E-state index in [-0.39, 0.29) is 31.2 Å². The molecule has 33 heavy (non-hydrogen) atoms. The van der Waals surface area contributed by atoms with Gasteiger partial charge in [0.15, 0.2) is 5.78 Å². The summed E-state index contributed by atoms with van der Waals surface area (Å²) in [6.07, 6.45) is -0.519. The number of ketones is 1. The normalized spacial score (nSPS) is 16.9. The van der Waals surface area contributed by atoms with Crippen LogP contribution in [0.25, 0.3) is 10.9 Å². The molecule has 0 unspecified atom stereocenters. The number of carbonyl (C=O) groups excluding carboxylic acids is 3. The van der Waals surface area contributed by atoms with Crippen LogP contribution >= 0.6 is 0 Å². The van der Waals surface area contributed by atoms with Gasteiger partial charge in [0.1, 0.15) is 6.04 Å². The van der Waals surface area contributed by atoms with Crippen LogP contribution in [0.1, 0.15) is 42.5 Å². The Morgan fingerprint density at radius 2 is 1.94 bits per heavy atom. The maximum Gasteiger partial charge on any atom is 0.303 e. The lowest BCUT2D eigenvalue weighted by atomic mass is 10.0. The largest absolute Gasteiger partial charge is 0.481 e. The number of aliphatic carboxylic acids is 1. The minimum absolute atomic E-state index is 0.230. The predicted molar refractivity (Wildman–Crippen MR) is 111 cm³/mol. The molecule has 2 N–H and O–H groups in total. The van der Waals surface area contributed by atoms with Crippen LogP contribution in [0.15, 0.2) is 30.5 Å². The Morgan fingerprint density at radius 3 is 2.64 bits per heavy atom. The average Bonchev–Trinajstić information content (AvgIpc) is 3.10. The molecule has 0 spiro atoms. The Labute approximate surface area is 187 Å². The molecule has 172 valence electrons. The predicted octanol–water partition coefficient (Wildman–Crippen LogP) is 2.76. The molecule has 9 nitrogen and oxygen atoms in total. The highest BCUT2D eigenvalue weighted by Gasteiger charge is 2.47. The van der Waals surface area contributed by atoms with Crippen molar-refractivity contribution in [3.05, 3.63) is 36.0 Å². The standard InChI is InChI=1S/C22H20F2N4O5/c23-22(24)10-13(11-25)28(12-22)19(31)6-4-17(29)14-8-9-26-21-15(14)2-1-3-16(21)27-18(30)5-7-20(32)33/h1-3,8-9,13H,4-7,10,12H2,(H,27,30)(H,32,33)/t13-/m0/s1. The van der Waals surface area contributed by atoms with E-state index in [4.69, 9.17) is 10.4 Å². The number of pyridine rings is 1. The third kappa shape index (κ3) is 5.65. The van der Waals surface area contributed by atoms with Gasteiger partial charge in [-0.05, 0) is 12.1 Å². The number of nitriles is 1. The van der Waals surface area contributed by atoms with Crippen molar-refractivity contribution in [2.45, 2.75) is 44.1 Å². The van der Waals surface area contributed by atoms with Crippen molar-refractivity contribution in [3.63, 3.8) is 0 Å². The number of carbonyl (C=O) groups is 4. The number of anilines is 1. The molecule has 1 aromatic carbocycles. The van der Waals surface area contributed by atoms with Gasteiger partial charge in [0, 0.05) is 42.8 Å². The van der Waals surface area contributed by atoms with Gasteiger partial charge < -0.3 is 15.3 Å². The van der Waals surface area contributed by atoms with E-state index < -0.39 is 48.5 Å². The number of benzene rings is 1. The highest BCUT2D eigenvalue weighted by atomic mass is 19.3. The zero-order chi connectivity index (χ0) is 24.2. The van der Waals surface area contributed by atoms with Gasteiger partial charge in [0.05, 0.1) is 30.2 Å². The number of amides is 2. The maximum absolute atomic E-state index is 13.6. The fraction of sp³-hybridized carbons (Fsp3) is 0.364. The van der Waals surface area contributed by atoms with Crippen molar-refractivity contribution in [2.24, 2.45) is 0 Å². The number of halogens is 2. The van der Waals surface area contributed by atoms with Gasteiger partial charge in [-0.1, -0.05) is 12.1 Å². The number of alkyl halides is 2. The molecule has 0 bridgehead atoms. The summed E-state index contributed by atoms with van der Waals surface area (Å²) in [6.45, 7) is -0.846. The second kappa shape index (κ2) is 9.68. The Morgan fingerprint density at radius 1 is 1.18 bits per heavy atom. The molecule has 1 saturated heterocycles. The van der Waals surface area contributed by atoms with Crippen LogP contribution in [-0.4, -0.2) is 57.1 Å². The number of hydrogen-bond acceptors (Lipinski definition) is 6. The van der Waals surface area contributed by atoms with E-state index in [1.54, 1.807) is 24.3 Å². The molecule has 0 saturated carbocycles. The summed E-state index contributed by atoms with van der Waals surface area (Å²) in [7, 11) is 0. The fourth-order valence-corrected chi connectivity index (χ4v) is 3.65. The van der Waals surface area contributed by atoms with Crippen molar-refractivity contribution in [3.8, 4) is 6.07 Å². The quantitative estimate of drug-likeness (QED) is 0.580. The Hall–Kier alpha value is -3.94. The summed E-state index contributed by atoms with van der Waals surface area (Å²) in [6, 6.07) is 6.67. The van der Waals surface area contributed by atoms with E-state index in [0.717, 1.165) is 4.90 Å². The van der Waals surface area contributed by atoms with Gasteiger partial charge >= 0.3 is 5.97 Å². The third-order valence-electron chi connectivity index (χ3n) is 5.22. The second-order valence-corrected chi connectivity index (χ2v) is 7.65. The van der Waals surface area contributed by atoms with Gasteiger partial charge in [0.25, 0.3) is 5.92 Å². The summed E-state index contributed by atoms with van der Waals surface area (Å²) in [5.41, 5.74) is 0.838. The number of likely N-dealkylation sites (tertiary alicyclic amines) is 1. The number of para-hydroxylation sites is 1. The van der Waals surface area contributed by atoms with E-state index in [1.165, 1.54) is 12.3 Å². The lowest BCUT2D eigenvalue weighted by Crippen LogP contribution is -2.36. The maximum atomic E-state index is 13.6. The minimum atomic E-state index is -3.13. The van der Waals surface area contributed by atoms with E-state index in [1.807, 2.05) is 0 Å².